The highest BCUT2D eigenvalue weighted by Crippen LogP contribution is 2.36. The van der Waals surface area contributed by atoms with Crippen molar-refractivity contribution in [2.75, 3.05) is 11.5 Å². The minimum Gasteiger partial charge on any atom is -0.389 e. The van der Waals surface area contributed by atoms with Gasteiger partial charge < -0.3 is 11.5 Å². The van der Waals surface area contributed by atoms with Crippen molar-refractivity contribution in [1.29, 1.82) is 10.5 Å². The Morgan fingerprint density at radius 1 is 0.667 bits per heavy atom. The third kappa shape index (κ3) is 3.13. The van der Waals surface area contributed by atoms with E-state index in [2.05, 4.69) is 12.1 Å². The van der Waals surface area contributed by atoms with E-state index in [1.165, 1.54) is 46.6 Å². The van der Waals surface area contributed by atoms with E-state index in [-0.39, 0.29) is 0 Å². The predicted molar refractivity (Wildman–Crippen MR) is 100 cm³/mol. The third-order valence-corrected chi connectivity index (χ3v) is 6.86. The molecule has 2 aliphatic carbocycles. The Hall–Kier alpha value is -2.02. The Balaban J connectivity index is 0.000000141. The van der Waals surface area contributed by atoms with Crippen molar-refractivity contribution in [3.05, 3.63) is 32.0 Å². The first kappa shape index (κ1) is 16.8. The number of hydrogen-bond acceptors (Lipinski definition) is 6. The Kier molecular flexibility index (Phi) is 5.08. The summed E-state index contributed by atoms with van der Waals surface area (Å²) in [6.07, 6.45) is 9.24. The standard InChI is InChI=1S/2C9H10N2S/c2*10-5-7-6-3-1-2-4-8(6)12-9(7)11/h2*1-4,11H2. The summed E-state index contributed by atoms with van der Waals surface area (Å²) in [4.78, 5) is 2.69. The van der Waals surface area contributed by atoms with Gasteiger partial charge in [0, 0.05) is 9.75 Å². The smallest absolute Gasteiger partial charge is 0.104 e. The molecular formula is C18H20N4S2. The minimum atomic E-state index is 0.712. The van der Waals surface area contributed by atoms with Gasteiger partial charge in [0.1, 0.15) is 22.1 Å². The molecule has 4 rings (SSSR count). The van der Waals surface area contributed by atoms with Crippen LogP contribution in [-0.4, -0.2) is 0 Å². The van der Waals surface area contributed by atoms with Crippen LogP contribution >= 0.6 is 22.7 Å². The van der Waals surface area contributed by atoms with Gasteiger partial charge in [-0.05, 0) is 62.5 Å². The predicted octanol–water partition coefficient (Wildman–Crippen LogP) is 4.16. The maximum absolute atomic E-state index is 8.84. The Morgan fingerprint density at radius 2 is 1.04 bits per heavy atom. The number of nitrogen functional groups attached to an aromatic ring is 2. The van der Waals surface area contributed by atoms with E-state index >= 15 is 0 Å². The van der Waals surface area contributed by atoms with Crippen molar-refractivity contribution < 1.29 is 0 Å². The van der Waals surface area contributed by atoms with Gasteiger partial charge in [-0.25, -0.2) is 0 Å². The largest absolute Gasteiger partial charge is 0.389 e. The first-order valence-electron chi connectivity index (χ1n) is 8.26. The fourth-order valence-electron chi connectivity index (χ4n) is 3.42. The summed E-state index contributed by atoms with van der Waals surface area (Å²) in [5, 5.41) is 19.1. The molecule has 0 radical (unpaired) electrons. The monoisotopic (exact) mass is 356 g/mol. The maximum atomic E-state index is 8.84. The highest BCUT2D eigenvalue weighted by Gasteiger charge is 2.19. The lowest BCUT2D eigenvalue weighted by Gasteiger charge is -2.09. The molecule has 0 unspecified atom stereocenters. The fourth-order valence-corrected chi connectivity index (χ4v) is 5.64. The van der Waals surface area contributed by atoms with Crippen LogP contribution in [-0.2, 0) is 25.7 Å². The zero-order valence-electron chi connectivity index (χ0n) is 13.5. The molecule has 0 bridgehead atoms. The van der Waals surface area contributed by atoms with E-state index in [1.807, 2.05) is 0 Å². The van der Waals surface area contributed by atoms with Gasteiger partial charge in [-0.3, -0.25) is 0 Å². The van der Waals surface area contributed by atoms with Crippen LogP contribution in [0, 0.1) is 22.7 Å². The molecule has 24 heavy (non-hydrogen) atoms. The second-order valence-electron chi connectivity index (χ2n) is 6.12. The molecule has 4 N–H and O–H groups in total. The number of nitrogens with two attached hydrogens (primary N) is 2. The lowest BCUT2D eigenvalue weighted by Crippen LogP contribution is -1.99. The van der Waals surface area contributed by atoms with Crippen LogP contribution < -0.4 is 11.5 Å². The van der Waals surface area contributed by atoms with Gasteiger partial charge in [0.05, 0.1) is 11.1 Å². The van der Waals surface area contributed by atoms with Crippen molar-refractivity contribution in [2.24, 2.45) is 0 Å². The van der Waals surface area contributed by atoms with E-state index < -0.39 is 0 Å². The number of fused-ring (bicyclic) bond motifs is 2. The van der Waals surface area contributed by atoms with E-state index in [4.69, 9.17) is 22.0 Å². The molecule has 0 fully saturated rings. The molecule has 0 aliphatic heterocycles. The van der Waals surface area contributed by atoms with Crippen molar-refractivity contribution in [1.82, 2.24) is 0 Å². The van der Waals surface area contributed by atoms with E-state index in [1.54, 1.807) is 22.7 Å². The topological polar surface area (TPSA) is 99.6 Å². The minimum absolute atomic E-state index is 0.712. The average Bonchev–Trinajstić information content (AvgIpc) is 3.09. The van der Waals surface area contributed by atoms with E-state index in [9.17, 15) is 0 Å². The number of anilines is 2. The molecule has 0 amide bonds. The van der Waals surface area contributed by atoms with Crippen LogP contribution in [0.2, 0.25) is 0 Å². The molecule has 2 heterocycles. The number of rotatable bonds is 0. The fraction of sp³-hybridized carbons (Fsp3) is 0.444. The van der Waals surface area contributed by atoms with Gasteiger partial charge in [0.15, 0.2) is 0 Å². The summed E-state index contributed by atoms with van der Waals surface area (Å²) in [6.45, 7) is 0. The quantitative estimate of drug-likeness (QED) is 0.740. The van der Waals surface area contributed by atoms with Gasteiger partial charge in [-0.1, -0.05) is 0 Å². The summed E-state index contributed by atoms with van der Waals surface area (Å²) in [7, 11) is 0. The zero-order valence-corrected chi connectivity index (χ0v) is 15.2. The summed E-state index contributed by atoms with van der Waals surface area (Å²) < 4.78 is 0. The summed E-state index contributed by atoms with van der Waals surface area (Å²) in [6, 6.07) is 4.38. The van der Waals surface area contributed by atoms with Crippen LogP contribution in [0.1, 0.15) is 57.7 Å². The SMILES string of the molecule is N#Cc1c(N)sc2c1CCCC2.N#Cc1c(N)sc2c1CCCC2. The summed E-state index contributed by atoms with van der Waals surface area (Å²) in [5.74, 6) is 0. The molecule has 2 aromatic heterocycles. The highest BCUT2D eigenvalue weighted by molar-refractivity contribution is 7.16. The first-order chi connectivity index (χ1) is 11.7. The molecular weight excluding hydrogens is 336 g/mol. The molecule has 2 aromatic rings. The number of nitriles is 2. The molecule has 6 heteroatoms. The number of thiophene rings is 2. The molecule has 2 aliphatic rings. The third-order valence-electron chi connectivity index (χ3n) is 4.62. The van der Waals surface area contributed by atoms with Crippen molar-refractivity contribution in [3.8, 4) is 12.1 Å². The van der Waals surface area contributed by atoms with Gasteiger partial charge in [0.25, 0.3) is 0 Å². The van der Waals surface area contributed by atoms with Crippen LogP contribution in [0.25, 0.3) is 0 Å². The average molecular weight is 357 g/mol. The molecule has 0 spiro atoms. The normalized spacial score (nSPS) is 15.2. The first-order valence-corrected chi connectivity index (χ1v) is 9.89. The van der Waals surface area contributed by atoms with Gasteiger partial charge in [-0.2, -0.15) is 10.5 Å². The highest BCUT2D eigenvalue weighted by atomic mass is 32.1. The van der Waals surface area contributed by atoms with Crippen molar-refractivity contribution in [3.63, 3.8) is 0 Å². The zero-order chi connectivity index (χ0) is 17.1. The molecule has 0 atom stereocenters. The van der Waals surface area contributed by atoms with Crippen molar-refractivity contribution in [2.45, 2.75) is 51.4 Å². The Morgan fingerprint density at radius 3 is 1.42 bits per heavy atom. The molecule has 0 saturated carbocycles. The lowest BCUT2D eigenvalue weighted by molar-refractivity contribution is 0.696. The number of hydrogen-bond donors (Lipinski definition) is 2. The Bertz CT molecular complexity index is 763. The van der Waals surface area contributed by atoms with Crippen LogP contribution in [0.5, 0.6) is 0 Å². The van der Waals surface area contributed by atoms with Crippen LogP contribution in [0.3, 0.4) is 0 Å². The molecule has 0 saturated heterocycles. The van der Waals surface area contributed by atoms with Gasteiger partial charge in [-0.15, -0.1) is 22.7 Å². The lowest BCUT2D eigenvalue weighted by atomic mass is 9.96. The molecule has 4 nitrogen and oxygen atoms in total. The van der Waals surface area contributed by atoms with E-state index in [0.717, 1.165) is 36.8 Å². The summed E-state index contributed by atoms with van der Waals surface area (Å²) >= 11 is 3.19. The summed E-state index contributed by atoms with van der Waals surface area (Å²) in [5.41, 5.74) is 15.4. The number of nitrogens with zero attached hydrogens (tertiary/aromatic N) is 2. The van der Waals surface area contributed by atoms with Gasteiger partial charge >= 0.3 is 0 Å². The van der Waals surface area contributed by atoms with Crippen LogP contribution in [0.4, 0.5) is 10.0 Å². The van der Waals surface area contributed by atoms with Gasteiger partial charge in [0.2, 0.25) is 0 Å². The second kappa shape index (κ2) is 7.25. The van der Waals surface area contributed by atoms with Crippen molar-refractivity contribution >= 4 is 32.7 Å². The maximum Gasteiger partial charge on any atom is 0.104 e. The molecule has 0 aromatic carbocycles. The number of aryl methyl sites for hydroxylation is 2. The molecule has 124 valence electrons. The second-order valence-corrected chi connectivity index (χ2v) is 8.40. The van der Waals surface area contributed by atoms with E-state index in [0.29, 0.717) is 10.0 Å². The van der Waals surface area contributed by atoms with Crippen LogP contribution in [0.15, 0.2) is 0 Å². The Labute approximate surface area is 150 Å².